The van der Waals surface area contributed by atoms with Gasteiger partial charge in [0.1, 0.15) is 5.82 Å². The number of rotatable bonds is 7. The Kier molecular flexibility index (Phi) is 6.96. The number of ether oxygens (including phenoxy) is 1. The number of halogens is 1. The van der Waals surface area contributed by atoms with Gasteiger partial charge in [0, 0.05) is 13.1 Å². The summed E-state index contributed by atoms with van der Waals surface area (Å²) in [6, 6.07) is 19.7. The van der Waals surface area contributed by atoms with Gasteiger partial charge in [0.15, 0.2) is 0 Å². The van der Waals surface area contributed by atoms with E-state index in [4.69, 9.17) is 4.74 Å². The molecule has 0 unspecified atom stereocenters. The van der Waals surface area contributed by atoms with Crippen LogP contribution in [-0.2, 0) is 14.8 Å². The standard InChI is InChI=1S/C27H29FN2O4S/c1-18-5-9-20(10-6-18)26(21-11-7-19(2)8-12-21)29-16-25(17-29)30(35(4,32)33)24-14-22(27(31)34-3)13-23(28)15-24/h5-15,25-26H,16-17H2,1-4H3. The van der Waals surface area contributed by atoms with E-state index in [0.717, 1.165) is 40.6 Å². The number of carbonyl (C=O) groups is 1. The van der Waals surface area contributed by atoms with Crippen molar-refractivity contribution in [1.29, 1.82) is 0 Å². The molecule has 0 amide bonds. The molecule has 1 heterocycles. The minimum Gasteiger partial charge on any atom is -0.465 e. The molecule has 184 valence electrons. The molecule has 0 aromatic heterocycles. The maximum absolute atomic E-state index is 14.3. The Morgan fingerprint density at radius 3 is 1.94 bits per heavy atom. The number of benzene rings is 3. The number of aryl methyl sites for hydroxylation is 2. The fourth-order valence-electron chi connectivity index (χ4n) is 4.57. The Labute approximate surface area is 206 Å². The molecule has 1 fully saturated rings. The highest BCUT2D eigenvalue weighted by atomic mass is 32.2. The quantitative estimate of drug-likeness (QED) is 0.452. The van der Waals surface area contributed by atoms with Gasteiger partial charge in [0.25, 0.3) is 0 Å². The first-order valence-corrected chi connectivity index (χ1v) is 13.2. The first kappa shape index (κ1) is 24.9. The van der Waals surface area contributed by atoms with E-state index in [-0.39, 0.29) is 17.3 Å². The van der Waals surface area contributed by atoms with Crippen molar-refractivity contribution in [2.75, 3.05) is 30.8 Å². The van der Waals surface area contributed by atoms with Gasteiger partial charge in [-0.3, -0.25) is 9.21 Å². The lowest BCUT2D eigenvalue weighted by atomic mass is 9.92. The van der Waals surface area contributed by atoms with E-state index < -0.39 is 27.9 Å². The van der Waals surface area contributed by atoms with Crippen LogP contribution in [0.5, 0.6) is 0 Å². The van der Waals surface area contributed by atoms with Crippen molar-refractivity contribution in [3.8, 4) is 0 Å². The number of nitrogens with zero attached hydrogens (tertiary/aromatic N) is 2. The van der Waals surface area contributed by atoms with Gasteiger partial charge in [-0.15, -0.1) is 0 Å². The summed E-state index contributed by atoms with van der Waals surface area (Å²) in [5, 5.41) is 0. The lowest BCUT2D eigenvalue weighted by Gasteiger charge is -2.48. The van der Waals surface area contributed by atoms with Crippen molar-refractivity contribution in [3.05, 3.63) is 100 Å². The van der Waals surface area contributed by atoms with E-state index in [1.807, 2.05) is 13.8 Å². The van der Waals surface area contributed by atoms with Gasteiger partial charge in [0.2, 0.25) is 10.0 Å². The largest absolute Gasteiger partial charge is 0.465 e. The minimum absolute atomic E-state index is 0.0375. The van der Waals surface area contributed by atoms with E-state index >= 15 is 0 Å². The predicted octanol–water partition coefficient (Wildman–Crippen LogP) is 4.47. The van der Waals surface area contributed by atoms with Crippen LogP contribution in [0, 0.1) is 19.7 Å². The molecule has 0 saturated carbocycles. The summed E-state index contributed by atoms with van der Waals surface area (Å²) >= 11 is 0. The average Bonchev–Trinajstić information content (AvgIpc) is 2.78. The van der Waals surface area contributed by atoms with Crippen molar-refractivity contribution in [1.82, 2.24) is 4.90 Å². The lowest BCUT2D eigenvalue weighted by Crippen LogP contribution is -2.61. The lowest BCUT2D eigenvalue weighted by molar-refractivity contribution is 0.0600. The Bertz CT molecular complexity index is 1270. The number of hydrogen-bond acceptors (Lipinski definition) is 5. The number of esters is 1. The number of likely N-dealkylation sites (tertiary alicyclic amines) is 1. The summed E-state index contributed by atoms with van der Waals surface area (Å²) in [7, 11) is -2.55. The van der Waals surface area contributed by atoms with Gasteiger partial charge in [0.05, 0.1) is 36.7 Å². The van der Waals surface area contributed by atoms with E-state index in [9.17, 15) is 17.6 Å². The Balaban J connectivity index is 1.66. The van der Waals surface area contributed by atoms with E-state index in [2.05, 4.69) is 53.4 Å². The fraction of sp³-hybridized carbons (Fsp3) is 0.296. The number of carbonyl (C=O) groups excluding carboxylic acids is 1. The molecule has 0 aliphatic carbocycles. The van der Waals surface area contributed by atoms with Crippen LogP contribution in [-0.4, -0.2) is 51.8 Å². The zero-order valence-corrected chi connectivity index (χ0v) is 21.0. The maximum Gasteiger partial charge on any atom is 0.338 e. The molecule has 0 atom stereocenters. The molecule has 3 aromatic carbocycles. The van der Waals surface area contributed by atoms with E-state index in [0.29, 0.717) is 13.1 Å². The molecule has 6 nitrogen and oxygen atoms in total. The zero-order valence-electron chi connectivity index (χ0n) is 20.2. The van der Waals surface area contributed by atoms with Crippen molar-refractivity contribution in [2.24, 2.45) is 0 Å². The van der Waals surface area contributed by atoms with Gasteiger partial charge < -0.3 is 4.74 Å². The molecule has 1 aliphatic rings. The second kappa shape index (κ2) is 9.79. The summed E-state index contributed by atoms with van der Waals surface area (Å²) < 4.78 is 45.8. The smallest absolute Gasteiger partial charge is 0.338 e. The van der Waals surface area contributed by atoms with Crippen LogP contribution in [0.1, 0.15) is 38.7 Å². The van der Waals surface area contributed by atoms with Crippen LogP contribution in [0.25, 0.3) is 0 Å². The average molecular weight is 497 g/mol. The van der Waals surface area contributed by atoms with E-state index in [1.54, 1.807) is 0 Å². The topological polar surface area (TPSA) is 66.9 Å². The molecular formula is C27H29FN2O4S. The van der Waals surface area contributed by atoms with Gasteiger partial charge in [-0.25, -0.2) is 17.6 Å². The summed E-state index contributed by atoms with van der Waals surface area (Å²) in [6.07, 6.45) is 1.09. The Hall–Kier alpha value is -3.23. The molecule has 1 aliphatic heterocycles. The number of anilines is 1. The van der Waals surface area contributed by atoms with Gasteiger partial charge in [-0.2, -0.15) is 0 Å². The first-order chi connectivity index (χ1) is 16.6. The Morgan fingerprint density at radius 2 is 1.49 bits per heavy atom. The molecule has 0 radical (unpaired) electrons. The second-order valence-electron chi connectivity index (χ2n) is 9.08. The zero-order chi connectivity index (χ0) is 25.3. The number of hydrogen-bond donors (Lipinski definition) is 0. The molecule has 1 saturated heterocycles. The summed E-state index contributed by atoms with van der Waals surface area (Å²) in [4.78, 5) is 14.2. The fourth-order valence-corrected chi connectivity index (χ4v) is 5.73. The van der Waals surface area contributed by atoms with Gasteiger partial charge in [-0.1, -0.05) is 59.7 Å². The van der Waals surface area contributed by atoms with Crippen LogP contribution in [0.3, 0.4) is 0 Å². The molecule has 0 spiro atoms. The highest BCUT2D eigenvalue weighted by Gasteiger charge is 2.41. The third kappa shape index (κ3) is 5.39. The first-order valence-electron chi connectivity index (χ1n) is 11.3. The van der Waals surface area contributed by atoms with Crippen LogP contribution in [0.2, 0.25) is 0 Å². The molecule has 3 aromatic rings. The monoisotopic (exact) mass is 496 g/mol. The summed E-state index contributed by atoms with van der Waals surface area (Å²) in [6.45, 7) is 4.97. The normalized spacial score (nSPS) is 14.6. The van der Waals surface area contributed by atoms with Crippen molar-refractivity contribution >= 4 is 21.7 Å². The molecule has 0 bridgehead atoms. The van der Waals surface area contributed by atoms with Crippen molar-refractivity contribution < 1.29 is 22.3 Å². The van der Waals surface area contributed by atoms with Gasteiger partial charge in [-0.05, 0) is 43.2 Å². The third-order valence-corrected chi connectivity index (χ3v) is 7.51. The number of sulfonamides is 1. The van der Waals surface area contributed by atoms with Crippen molar-refractivity contribution in [2.45, 2.75) is 25.9 Å². The summed E-state index contributed by atoms with van der Waals surface area (Å²) in [5.41, 5.74) is 4.62. The third-order valence-electron chi connectivity index (χ3n) is 6.29. The van der Waals surface area contributed by atoms with Crippen molar-refractivity contribution in [3.63, 3.8) is 0 Å². The van der Waals surface area contributed by atoms with Crippen LogP contribution in [0.4, 0.5) is 10.1 Å². The van der Waals surface area contributed by atoms with Crippen LogP contribution < -0.4 is 4.31 Å². The Morgan fingerprint density at radius 1 is 0.971 bits per heavy atom. The van der Waals surface area contributed by atoms with E-state index in [1.165, 1.54) is 17.5 Å². The minimum atomic E-state index is -3.75. The van der Waals surface area contributed by atoms with Crippen LogP contribution >= 0.6 is 0 Å². The molecular weight excluding hydrogens is 467 g/mol. The maximum atomic E-state index is 14.3. The van der Waals surface area contributed by atoms with Gasteiger partial charge >= 0.3 is 5.97 Å². The molecule has 8 heteroatoms. The molecule has 4 rings (SSSR count). The number of methoxy groups -OCH3 is 1. The molecule has 35 heavy (non-hydrogen) atoms. The highest BCUT2D eigenvalue weighted by Crippen LogP contribution is 2.36. The summed E-state index contributed by atoms with van der Waals surface area (Å²) in [5.74, 6) is -1.43. The molecule has 0 N–H and O–H groups in total. The highest BCUT2D eigenvalue weighted by molar-refractivity contribution is 7.92. The second-order valence-corrected chi connectivity index (χ2v) is 10.9. The SMILES string of the molecule is COC(=O)c1cc(F)cc(N(C2CN(C(c3ccc(C)cc3)c3ccc(C)cc3)C2)S(C)(=O)=O)c1. The van der Waals surface area contributed by atoms with Crippen LogP contribution in [0.15, 0.2) is 66.7 Å². The predicted molar refractivity (Wildman–Crippen MR) is 135 cm³/mol.